The molecule has 0 radical (unpaired) electrons. The molecule has 0 aromatic rings. The predicted octanol–water partition coefficient (Wildman–Crippen LogP) is 13.2. The van der Waals surface area contributed by atoms with E-state index in [1.54, 1.807) is 0 Å². The Hall–Kier alpha value is -3.00. The van der Waals surface area contributed by atoms with Crippen LogP contribution >= 0.6 is 7.82 Å². The zero-order chi connectivity index (χ0) is 52.6. The lowest BCUT2D eigenvalue weighted by Crippen LogP contribution is -2.64. The first-order valence-electron chi connectivity index (χ1n) is 27.7. The molecule has 0 aromatic carbocycles. The van der Waals surface area contributed by atoms with Gasteiger partial charge < -0.3 is 39.9 Å². The smallest absolute Gasteiger partial charge is 0.457 e. The summed E-state index contributed by atoms with van der Waals surface area (Å²) in [5.41, 5.74) is 0. The molecule has 13 heteroatoms. The van der Waals surface area contributed by atoms with E-state index < -0.39 is 63.1 Å². The van der Waals surface area contributed by atoms with E-state index in [9.17, 15) is 39.8 Å². The quantitative estimate of drug-likeness (QED) is 0.0147. The molecule has 6 unspecified atom stereocenters. The Labute approximate surface area is 436 Å². The van der Waals surface area contributed by atoms with Crippen LogP contribution in [-0.4, -0.2) is 98.9 Å². The molecule has 0 amide bonds. The fourth-order valence-electron chi connectivity index (χ4n) is 7.79. The monoisotopic (exact) mass is 1030 g/mol. The van der Waals surface area contributed by atoms with Gasteiger partial charge in [0.05, 0.1) is 13.2 Å². The number of esters is 1. The maximum atomic E-state index is 12.9. The van der Waals surface area contributed by atoms with Crippen LogP contribution in [0.4, 0.5) is 0 Å². The third-order valence-corrected chi connectivity index (χ3v) is 13.1. The number of aliphatic hydroxyl groups is 5. The van der Waals surface area contributed by atoms with Crippen molar-refractivity contribution in [3.63, 3.8) is 0 Å². The van der Waals surface area contributed by atoms with E-state index in [4.69, 9.17) is 18.5 Å². The fraction of sp³-hybridized carbons (Fsp3) is 0.678. The third kappa shape index (κ3) is 38.6. The van der Waals surface area contributed by atoms with Crippen molar-refractivity contribution in [2.45, 2.75) is 236 Å². The van der Waals surface area contributed by atoms with Crippen LogP contribution in [0, 0.1) is 0 Å². The SMILES string of the molecule is CC/C=C\C/C=C\C/C=C\C/C=C\C/C=C\C/C=C\C/C=C\CCCC(=O)OC(COCCCCCCCCCCCC/C=C\C/C=C\CCCCCCC)COP(=O)(O)OC1C(O)C(O)C(O)C(O)C1O. The summed E-state index contributed by atoms with van der Waals surface area (Å²) in [6.07, 6.45) is 55.9. The highest BCUT2D eigenvalue weighted by molar-refractivity contribution is 7.47. The Balaban J connectivity index is 2.37. The number of unbranched alkanes of at least 4 members (excludes halogenated alkanes) is 16. The van der Waals surface area contributed by atoms with Gasteiger partial charge in [-0.3, -0.25) is 13.8 Å². The second-order valence-electron chi connectivity index (χ2n) is 18.7. The summed E-state index contributed by atoms with van der Waals surface area (Å²) in [5.74, 6) is -0.538. The van der Waals surface area contributed by atoms with E-state index >= 15 is 0 Å². The van der Waals surface area contributed by atoms with Crippen molar-refractivity contribution in [1.29, 1.82) is 0 Å². The largest absolute Gasteiger partial charge is 0.472 e. The molecule has 0 aromatic heterocycles. The third-order valence-electron chi connectivity index (χ3n) is 12.1. The summed E-state index contributed by atoms with van der Waals surface area (Å²) in [6.45, 7) is 4.07. The van der Waals surface area contributed by atoms with E-state index in [-0.39, 0.29) is 13.0 Å². The normalized spacial score (nSPS) is 21.5. The number of phosphoric acid groups is 1. The van der Waals surface area contributed by atoms with Gasteiger partial charge in [0.1, 0.15) is 42.7 Å². The molecule has 1 rings (SSSR count). The van der Waals surface area contributed by atoms with Gasteiger partial charge in [0.2, 0.25) is 0 Å². The zero-order valence-electron chi connectivity index (χ0n) is 44.4. The van der Waals surface area contributed by atoms with Crippen LogP contribution in [-0.2, 0) is 27.9 Å². The molecule has 0 saturated heterocycles. The van der Waals surface area contributed by atoms with Gasteiger partial charge in [-0.05, 0) is 96.3 Å². The van der Waals surface area contributed by atoms with Crippen molar-refractivity contribution in [2.24, 2.45) is 0 Å². The Morgan fingerprint density at radius 2 is 0.819 bits per heavy atom. The Kier molecular flexibility index (Phi) is 44.4. The topological polar surface area (TPSA) is 192 Å². The van der Waals surface area contributed by atoms with Crippen LogP contribution in [0.3, 0.4) is 0 Å². The first-order chi connectivity index (χ1) is 35.0. The van der Waals surface area contributed by atoms with Crippen molar-refractivity contribution in [2.75, 3.05) is 19.8 Å². The second-order valence-corrected chi connectivity index (χ2v) is 20.1. The number of phosphoric ester groups is 1. The molecule has 12 nitrogen and oxygen atoms in total. The molecule has 1 saturated carbocycles. The Morgan fingerprint density at radius 3 is 1.25 bits per heavy atom. The van der Waals surface area contributed by atoms with Gasteiger partial charge in [0.15, 0.2) is 0 Å². The van der Waals surface area contributed by atoms with E-state index in [0.717, 1.165) is 83.5 Å². The summed E-state index contributed by atoms with van der Waals surface area (Å²) in [5, 5.41) is 50.4. The minimum absolute atomic E-state index is 0.0986. The lowest BCUT2D eigenvalue weighted by Gasteiger charge is -2.41. The molecule has 412 valence electrons. The molecule has 1 aliphatic rings. The summed E-state index contributed by atoms with van der Waals surface area (Å²) in [6, 6.07) is 0. The highest BCUT2D eigenvalue weighted by atomic mass is 31.2. The Morgan fingerprint density at radius 1 is 0.458 bits per heavy atom. The minimum Gasteiger partial charge on any atom is -0.457 e. The number of rotatable bonds is 46. The number of carbonyl (C=O) groups is 1. The molecular formula is C59H99O12P. The van der Waals surface area contributed by atoms with E-state index in [2.05, 4.69) is 111 Å². The van der Waals surface area contributed by atoms with Crippen LogP contribution in [0.25, 0.3) is 0 Å². The van der Waals surface area contributed by atoms with Gasteiger partial charge in [-0.2, -0.15) is 0 Å². The van der Waals surface area contributed by atoms with Gasteiger partial charge >= 0.3 is 13.8 Å². The van der Waals surface area contributed by atoms with E-state index in [1.165, 1.54) is 77.0 Å². The second kappa shape index (κ2) is 47.7. The van der Waals surface area contributed by atoms with Crippen LogP contribution in [0.5, 0.6) is 0 Å². The summed E-state index contributed by atoms with van der Waals surface area (Å²) < 4.78 is 34.3. The standard InChI is InChI=1S/C59H99O12P/c1-3-5-7-9-11-13-15-17-19-21-23-25-27-28-30-32-34-36-38-40-42-44-46-48-53(60)70-52(51-69-72(66,67)71-59-57(64)55(62)54(61)56(63)58(59)65)50-68-49-47-45-43-41-39-37-35-33-31-29-26-24-22-20-18-16-14-12-10-8-6-4-2/h5,7,11,13,16-19,22-25,28,30,34,36,40,42,52,54-59,61-65H,3-4,6,8-10,12,14-15,20-21,26-27,29,31-33,35,37-39,41,43-51H2,1-2H3,(H,66,67)/b7-5-,13-11-,18-16-,19-17-,24-22-,25-23-,30-28-,36-34-,42-40-. The average molecular weight is 1030 g/mol. The van der Waals surface area contributed by atoms with Gasteiger partial charge in [0.25, 0.3) is 0 Å². The van der Waals surface area contributed by atoms with Crippen LogP contribution in [0.15, 0.2) is 109 Å². The molecule has 6 N–H and O–H groups in total. The maximum Gasteiger partial charge on any atom is 0.472 e. The molecular weight excluding hydrogens is 932 g/mol. The first-order valence-corrected chi connectivity index (χ1v) is 29.2. The molecule has 0 spiro atoms. The van der Waals surface area contributed by atoms with Crippen molar-refractivity contribution in [1.82, 2.24) is 0 Å². The molecule has 0 aliphatic heterocycles. The number of hydrogen-bond acceptors (Lipinski definition) is 11. The van der Waals surface area contributed by atoms with Crippen LogP contribution in [0.1, 0.15) is 194 Å². The van der Waals surface area contributed by atoms with Gasteiger partial charge in [0, 0.05) is 13.0 Å². The molecule has 1 aliphatic carbocycles. The number of aliphatic hydroxyl groups excluding tert-OH is 5. The first kappa shape index (κ1) is 67.0. The summed E-state index contributed by atoms with van der Waals surface area (Å²) in [4.78, 5) is 23.3. The maximum absolute atomic E-state index is 12.9. The molecule has 72 heavy (non-hydrogen) atoms. The van der Waals surface area contributed by atoms with Crippen molar-refractivity contribution < 1.29 is 58.3 Å². The van der Waals surface area contributed by atoms with Crippen LogP contribution in [0.2, 0.25) is 0 Å². The highest BCUT2D eigenvalue weighted by Gasteiger charge is 2.51. The molecule has 0 heterocycles. The molecule has 1 fully saturated rings. The Bertz CT molecular complexity index is 1600. The minimum atomic E-state index is -5.05. The molecule has 6 atom stereocenters. The van der Waals surface area contributed by atoms with E-state index in [1.807, 2.05) is 12.2 Å². The number of carbonyl (C=O) groups excluding carboxylic acids is 1. The molecule has 0 bridgehead atoms. The highest BCUT2D eigenvalue weighted by Crippen LogP contribution is 2.47. The lowest BCUT2D eigenvalue weighted by atomic mass is 9.85. The van der Waals surface area contributed by atoms with Crippen molar-refractivity contribution >= 4 is 13.8 Å². The van der Waals surface area contributed by atoms with Gasteiger partial charge in [-0.1, -0.05) is 200 Å². The zero-order valence-corrected chi connectivity index (χ0v) is 45.3. The predicted molar refractivity (Wildman–Crippen MR) is 294 cm³/mol. The number of ether oxygens (including phenoxy) is 2. The van der Waals surface area contributed by atoms with Gasteiger partial charge in [-0.15, -0.1) is 0 Å². The number of hydrogen-bond donors (Lipinski definition) is 6. The van der Waals surface area contributed by atoms with Crippen molar-refractivity contribution in [3.05, 3.63) is 109 Å². The van der Waals surface area contributed by atoms with Gasteiger partial charge in [-0.25, -0.2) is 4.57 Å². The average Bonchev–Trinajstić information content (AvgIpc) is 3.37. The number of allylic oxidation sites excluding steroid dienone is 18. The summed E-state index contributed by atoms with van der Waals surface area (Å²) in [7, 11) is -5.05. The van der Waals surface area contributed by atoms with E-state index in [0.29, 0.717) is 19.4 Å². The van der Waals surface area contributed by atoms with Crippen LogP contribution < -0.4 is 0 Å². The fourth-order valence-corrected chi connectivity index (χ4v) is 8.76. The van der Waals surface area contributed by atoms with Crippen molar-refractivity contribution in [3.8, 4) is 0 Å². The summed E-state index contributed by atoms with van der Waals surface area (Å²) >= 11 is 0. The lowest BCUT2D eigenvalue weighted by molar-refractivity contribution is -0.220.